The quantitative estimate of drug-likeness (QED) is 0.639. The van der Waals surface area contributed by atoms with Crippen molar-refractivity contribution in [2.45, 2.75) is 15.4 Å². The number of alkyl halides is 3. The second kappa shape index (κ2) is 9.42. The molecule has 1 aromatic heterocycles. The van der Waals surface area contributed by atoms with E-state index in [4.69, 9.17) is 9.47 Å². The van der Waals surface area contributed by atoms with Crippen LogP contribution in [0.3, 0.4) is 0 Å². The van der Waals surface area contributed by atoms with Gasteiger partial charge < -0.3 is 14.8 Å². The fourth-order valence-corrected chi connectivity index (χ4v) is 5.03. The lowest BCUT2D eigenvalue weighted by atomic mass is 10.2. The van der Waals surface area contributed by atoms with Gasteiger partial charge >= 0.3 is 5.51 Å². The van der Waals surface area contributed by atoms with E-state index in [1.54, 1.807) is 0 Å². The number of morpholine rings is 1. The van der Waals surface area contributed by atoms with Crippen LogP contribution in [0.4, 0.5) is 18.9 Å². The summed E-state index contributed by atoms with van der Waals surface area (Å²) < 4.78 is 75.9. The van der Waals surface area contributed by atoms with Crippen LogP contribution in [0.2, 0.25) is 0 Å². The smallest absolute Gasteiger partial charge is 0.447 e. The van der Waals surface area contributed by atoms with Crippen LogP contribution in [0.1, 0.15) is 10.4 Å². The molecule has 2 aromatic rings. The number of nitrogens with one attached hydrogen (secondary N) is 1. The number of aromatic nitrogens is 1. The van der Waals surface area contributed by atoms with Crippen molar-refractivity contribution in [2.24, 2.45) is 0 Å². The third-order valence-corrected chi connectivity index (χ3v) is 6.91. The highest BCUT2D eigenvalue weighted by Gasteiger charge is 2.33. The molecular formula is C18H18F3N3O5S2. The Hall–Kier alpha value is -2.35. The fourth-order valence-electron chi connectivity index (χ4n) is 2.84. The summed E-state index contributed by atoms with van der Waals surface area (Å²) in [6, 6.07) is 6.48. The molecule has 0 aliphatic carbocycles. The SMILES string of the molecule is COc1ccc(NC(=O)c2cccnc2SC(F)(F)F)cc1S(=O)(=O)N1CCOCC1. The van der Waals surface area contributed by atoms with Gasteiger partial charge in [-0.25, -0.2) is 13.4 Å². The lowest BCUT2D eigenvalue weighted by molar-refractivity contribution is -0.0329. The van der Waals surface area contributed by atoms with Crippen molar-refractivity contribution >= 4 is 33.4 Å². The van der Waals surface area contributed by atoms with Gasteiger partial charge in [-0.2, -0.15) is 17.5 Å². The second-order valence-corrected chi connectivity index (χ2v) is 9.20. The van der Waals surface area contributed by atoms with Crippen LogP contribution in [-0.2, 0) is 14.8 Å². The summed E-state index contributed by atoms with van der Waals surface area (Å²) in [6.45, 7) is 0.822. The number of anilines is 1. The summed E-state index contributed by atoms with van der Waals surface area (Å²) in [5.74, 6) is -0.793. The number of hydrogen-bond donors (Lipinski definition) is 1. The van der Waals surface area contributed by atoms with Crippen LogP contribution in [0, 0.1) is 0 Å². The number of thioether (sulfide) groups is 1. The first-order valence-corrected chi connectivity index (χ1v) is 11.2. The molecular weight excluding hydrogens is 459 g/mol. The Morgan fingerprint density at radius 2 is 1.97 bits per heavy atom. The summed E-state index contributed by atoms with van der Waals surface area (Å²) in [6.07, 6.45) is 1.14. The Bertz CT molecular complexity index is 1060. The average Bonchev–Trinajstić information content (AvgIpc) is 2.73. The van der Waals surface area contributed by atoms with E-state index in [0.29, 0.717) is 0 Å². The Morgan fingerprint density at radius 1 is 1.26 bits per heavy atom. The van der Waals surface area contributed by atoms with Crippen molar-refractivity contribution in [1.82, 2.24) is 9.29 Å². The molecule has 0 radical (unpaired) electrons. The lowest BCUT2D eigenvalue weighted by Crippen LogP contribution is -2.40. The average molecular weight is 477 g/mol. The van der Waals surface area contributed by atoms with Crippen molar-refractivity contribution in [3.63, 3.8) is 0 Å². The zero-order chi connectivity index (χ0) is 22.6. The molecule has 1 saturated heterocycles. The maximum atomic E-state index is 13.0. The molecule has 0 saturated carbocycles. The molecule has 31 heavy (non-hydrogen) atoms. The van der Waals surface area contributed by atoms with E-state index in [9.17, 15) is 26.4 Å². The number of ether oxygens (including phenoxy) is 2. The number of carbonyl (C=O) groups excluding carboxylic acids is 1. The molecule has 13 heteroatoms. The van der Waals surface area contributed by atoms with Gasteiger partial charge in [-0.05, 0) is 30.3 Å². The molecule has 0 unspecified atom stereocenters. The van der Waals surface area contributed by atoms with Crippen molar-refractivity contribution < 1.29 is 35.9 Å². The predicted molar refractivity (Wildman–Crippen MR) is 107 cm³/mol. The fraction of sp³-hybridized carbons (Fsp3) is 0.333. The Kier molecular flexibility index (Phi) is 7.09. The summed E-state index contributed by atoms with van der Waals surface area (Å²) in [5, 5.41) is 1.92. The van der Waals surface area contributed by atoms with E-state index in [1.165, 1.54) is 41.7 Å². The van der Waals surface area contributed by atoms with Gasteiger partial charge in [0.15, 0.2) is 0 Å². The number of pyridine rings is 1. The molecule has 0 atom stereocenters. The number of methoxy groups -OCH3 is 1. The number of nitrogens with zero attached hydrogens (tertiary/aromatic N) is 2. The van der Waals surface area contributed by atoms with Crippen LogP contribution in [0.15, 0.2) is 46.5 Å². The first-order valence-electron chi connectivity index (χ1n) is 8.90. The number of hydrogen-bond acceptors (Lipinski definition) is 7. The number of benzene rings is 1. The van der Waals surface area contributed by atoms with Gasteiger partial charge in [0.05, 0.1) is 25.9 Å². The van der Waals surface area contributed by atoms with Crippen LogP contribution in [-0.4, -0.2) is 62.5 Å². The zero-order valence-corrected chi connectivity index (χ0v) is 17.8. The second-order valence-electron chi connectivity index (χ2n) is 6.24. The molecule has 0 bridgehead atoms. The highest BCUT2D eigenvalue weighted by Crippen LogP contribution is 2.37. The number of halogens is 3. The highest BCUT2D eigenvalue weighted by molar-refractivity contribution is 8.00. The Balaban J connectivity index is 1.90. The van der Waals surface area contributed by atoms with Gasteiger partial charge in [0.2, 0.25) is 10.0 Å². The van der Waals surface area contributed by atoms with E-state index >= 15 is 0 Å². The minimum atomic E-state index is -4.62. The van der Waals surface area contributed by atoms with Gasteiger partial charge in [0.25, 0.3) is 5.91 Å². The van der Waals surface area contributed by atoms with Crippen molar-refractivity contribution in [3.8, 4) is 5.75 Å². The first-order chi connectivity index (χ1) is 14.6. The standard InChI is InChI=1S/C18H18F3N3O5S2/c1-28-14-5-4-12(11-15(14)31(26,27)24-7-9-29-10-8-24)23-16(25)13-3-2-6-22-17(13)30-18(19,20)21/h2-6,11H,7-10H2,1H3,(H,23,25). The Labute approximate surface area is 180 Å². The molecule has 2 heterocycles. The van der Waals surface area contributed by atoms with Crippen LogP contribution in [0.25, 0.3) is 0 Å². The van der Waals surface area contributed by atoms with Crippen LogP contribution >= 0.6 is 11.8 Å². The van der Waals surface area contributed by atoms with E-state index in [2.05, 4.69) is 10.3 Å². The van der Waals surface area contributed by atoms with E-state index in [0.717, 1.165) is 6.20 Å². The van der Waals surface area contributed by atoms with Crippen LogP contribution < -0.4 is 10.1 Å². The van der Waals surface area contributed by atoms with Gasteiger partial charge in [-0.1, -0.05) is 0 Å². The van der Waals surface area contributed by atoms with Crippen molar-refractivity contribution in [3.05, 3.63) is 42.1 Å². The highest BCUT2D eigenvalue weighted by atomic mass is 32.2. The maximum absolute atomic E-state index is 13.0. The van der Waals surface area contributed by atoms with Gasteiger partial charge in [0.1, 0.15) is 15.7 Å². The molecule has 1 amide bonds. The normalized spacial score (nSPS) is 15.5. The van der Waals surface area contributed by atoms with Crippen molar-refractivity contribution in [1.29, 1.82) is 0 Å². The summed E-state index contributed by atoms with van der Waals surface area (Å²) in [5.41, 5.74) is -4.84. The lowest BCUT2D eigenvalue weighted by Gasteiger charge is -2.26. The van der Waals surface area contributed by atoms with Gasteiger partial charge in [-0.3, -0.25) is 4.79 Å². The summed E-state index contributed by atoms with van der Waals surface area (Å²) >= 11 is -0.508. The molecule has 1 aliphatic rings. The predicted octanol–water partition coefficient (Wildman–Crippen LogP) is 2.98. The van der Waals surface area contributed by atoms with E-state index < -0.39 is 38.2 Å². The molecule has 168 valence electrons. The number of carbonyl (C=O) groups is 1. The summed E-state index contributed by atoms with van der Waals surface area (Å²) in [7, 11) is -2.64. The third-order valence-electron chi connectivity index (χ3n) is 4.24. The van der Waals surface area contributed by atoms with E-state index in [-0.39, 0.29) is 48.2 Å². The summed E-state index contributed by atoms with van der Waals surface area (Å²) in [4.78, 5) is 16.0. The largest absolute Gasteiger partial charge is 0.495 e. The molecule has 3 rings (SSSR count). The maximum Gasteiger partial charge on any atom is 0.447 e. The molecule has 1 fully saturated rings. The third kappa shape index (κ3) is 5.67. The van der Waals surface area contributed by atoms with E-state index in [1.807, 2.05) is 0 Å². The first kappa shape index (κ1) is 23.3. The molecule has 1 aliphatic heterocycles. The van der Waals surface area contributed by atoms with Gasteiger partial charge in [-0.15, -0.1) is 0 Å². The number of sulfonamides is 1. The molecule has 8 nitrogen and oxygen atoms in total. The molecule has 1 N–H and O–H groups in total. The van der Waals surface area contributed by atoms with Crippen molar-refractivity contribution in [2.75, 3.05) is 38.7 Å². The Morgan fingerprint density at radius 3 is 2.61 bits per heavy atom. The topological polar surface area (TPSA) is 97.8 Å². The number of amides is 1. The number of rotatable bonds is 6. The zero-order valence-electron chi connectivity index (χ0n) is 16.2. The molecule has 1 aromatic carbocycles. The van der Waals surface area contributed by atoms with Gasteiger partial charge in [0, 0.05) is 36.7 Å². The minimum Gasteiger partial charge on any atom is -0.495 e. The minimum absolute atomic E-state index is 0.0687. The molecule has 0 spiro atoms. The van der Waals surface area contributed by atoms with Crippen LogP contribution in [0.5, 0.6) is 5.75 Å². The monoisotopic (exact) mass is 477 g/mol.